The van der Waals surface area contributed by atoms with Gasteiger partial charge in [0.15, 0.2) is 0 Å². The Hall–Kier alpha value is -0.910. The summed E-state index contributed by atoms with van der Waals surface area (Å²) in [7, 11) is 3.74. The maximum Gasteiger partial charge on any atom is 0.0946 e. The SMILES string of the molecule is CCC(C)N(CCOC)C(CN)c1cncn1C. The third-order valence-corrected chi connectivity index (χ3v) is 3.53. The minimum Gasteiger partial charge on any atom is -0.383 e. The first-order valence-electron chi connectivity index (χ1n) is 6.56. The van der Waals surface area contributed by atoms with Crippen LogP contribution < -0.4 is 5.73 Å². The average molecular weight is 254 g/mol. The van der Waals surface area contributed by atoms with E-state index in [1.807, 2.05) is 24.1 Å². The Labute approximate surface area is 110 Å². The lowest BCUT2D eigenvalue weighted by molar-refractivity contribution is 0.0876. The van der Waals surface area contributed by atoms with Crippen molar-refractivity contribution in [2.45, 2.75) is 32.4 Å². The van der Waals surface area contributed by atoms with Crippen molar-refractivity contribution >= 4 is 0 Å². The first kappa shape index (κ1) is 15.1. The van der Waals surface area contributed by atoms with Gasteiger partial charge in [-0.05, 0) is 13.3 Å². The predicted molar refractivity (Wildman–Crippen MR) is 73.3 cm³/mol. The van der Waals surface area contributed by atoms with Gasteiger partial charge in [-0.25, -0.2) is 4.98 Å². The summed E-state index contributed by atoms with van der Waals surface area (Å²) in [6.45, 7) is 6.63. The Bertz CT molecular complexity index is 339. The molecule has 0 aliphatic carbocycles. The number of aromatic nitrogens is 2. The number of methoxy groups -OCH3 is 1. The molecule has 1 aromatic heterocycles. The summed E-state index contributed by atoms with van der Waals surface area (Å²) in [6, 6.07) is 0.672. The van der Waals surface area contributed by atoms with Crippen molar-refractivity contribution in [3.63, 3.8) is 0 Å². The van der Waals surface area contributed by atoms with Gasteiger partial charge in [0.05, 0.1) is 24.7 Å². The van der Waals surface area contributed by atoms with Crippen molar-refractivity contribution < 1.29 is 4.74 Å². The first-order chi connectivity index (χ1) is 8.65. The van der Waals surface area contributed by atoms with E-state index in [2.05, 4.69) is 23.7 Å². The summed E-state index contributed by atoms with van der Waals surface area (Å²) in [5.74, 6) is 0. The van der Waals surface area contributed by atoms with Crippen LogP contribution in [0.1, 0.15) is 32.0 Å². The van der Waals surface area contributed by atoms with Crippen LogP contribution >= 0.6 is 0 Å². The number of nitrogens with two attached hydrogens (primary N) is 1. The highest BCUT2D eigenvalue weighted by atomic mass is 16.5. The fourth-order valence-electron chi connectivity index (χ4n) is 2.23. The normalized spacial score (nSPS) is 15.0. The molecule has 0 saturated carbocycles. The lowest BCUT2D eigenvalue weighted by Crippen LogP contribution is -2.42. The van der Waals surface area contributed by atoms with Crippen molar-refractivity contribution in [1.29, 1.82) is 0 Å². The number of ether oxygens (including phenoxy) is 1. The summed E-state index contributed by atoms with van der Waals surface area (Å²) in [6.07, 6.45) is 4.82. The monoisotopic (exact) mass is 254 g/mol. The van der Waals surface area contributed by atoms with Crippen LogP contribution in [0.5, 0.6) is 0 Å². The molecule has 1 heterocycles. The lowest BCUT2D eigenvalue weighted by atomic mass is 10.1. The Balaban J connectivity index is 2.89. The standard InChI is InChI=1S/C13H26N4O/c1-5-11(2)17(6-7-18-4)12(8-14)13-9-15-10-16(13)3/h9-12H,5-8,14H2,1-4H3. The average Bonchev–Trinajstić information content (AvgIpc) is 2.80. The maximum absolute atomic E-state index is 5.97. The molecule has 2 atom stereocenters. The van der Waals surface area contributed by atoms with Gasteiger partial charge in [0.25, 0.3) is 0 Å². The largest absolute Gasteiger partial charge is 0.383 e. The van der Waals surface area contributed by atoms with Crippen LogP contribution in [0.25, 0.3) is 0 Å². The Morgan fingerprint density at radius 2 is 2.28 bits per heavy atom. The van der Waals surface area contributed by atoms with Crippen LogP contribution in [0.3, 0.4) is 0 Å². The highest BCUT2D eigenvalue weighted by Crippen LogP contribution is 2.22. The topological polar surface area (TPSA) is 56.3 Å². The number of imidazole rings is 1. The molecule has 0 aliphatic heterocycles. The van der Waals surface area contributed by atoms with E-state index in [4.69, 9.17) is 10.5 Å². The summed E-state index contributed by atoms with van der Waals surface area (Å²) < 4.78 is 7.25. The molecule has 1 rings (SSSR count). The lowest BCUT2D eigenvalue weighted by Gasteiger charge is -2.35. The second-order valence-electron chi connectivity index (χ2n) is 4.67. The molecule has 0 aromatic carbocycles. The van der Waals surface area contributed by atoms with Gasteiger partial charge in [-0.3, -0.25) is 4.90 Å². The third-order valence-electron chi connectivity index (χ3n) is 3.53. The van der Waals surface area contributed by atoms with Crippen LogP contribution in [0.15, 0.2) is 12.5 Å². The Kier molecular flexibility index (Phi) is 6.32. The zero-order chi connectivity index (χ0) is 13.5. The van der Waals surface area contributed by atoms with Gasteiger partial charge < -0.3 is 15.0 Å². The second-order valence-corrected chi connectivity index (χ2v) is 4.67. The molecule has 2 unspecified atom stereocenters. The molecule has 0 aliphatic rings. The molecule has 0 bridgehead atoms. The van der Waals surface area contributed by atoms with E-state index in [0.717, 1.165) is 25.3 Å². The second kappa shape index (κ2) is 7.51. The van der Waals surface area contributed by atoms with Crippen LogP contribution in [-0.4, -0.2) is 47.3 Å². The molecule has 0 radical (unpaired) electrons. The molecule has 0 fully saturated rings. The number of hydrogen-bond acceptors (Lipinski definition) is 4. The van der Waals surface area contributed by atoms with Crippen molar-refractivity contribution in [3.8, 4) is 0 Å². The van der Waals surface area contributed by atoms with Gasteiger partial charge in [-0.2, -0.15) is 0 Å². The van der Waals surface area contributed by atoms with E-state index in [-0.39, 0.29) is 6.04 Å². The van der Waals surface area contributed by atoms with Crippen LogP contribution in [-0.2, 0) is 11.8 Å². The fraction of sp³-hybridized carbons (Fsp3) is 0.769. The van der Waals surface area contributed by atoms with Crippen molar-refractivity contribution in [1.82, 2.24) is 14.5 Å². The summed E-state index contributed by atoms with van der Waals surface area (Å²) in [5.41, 5.74) is 7.14. The van der Waals surface area contributed by atoms with Crippen LogP contribution in [0.4, 0.5) is 0 Å². The van der Waals surface area contributed by atoms with Gasteiger partial charge in [-0.1, -0.05) is 6.92 Å². The molecule has 0 spiro atoms. The molecular formula is C13H26N4O. The molecule has 2 N–H and O–H groups in total. The van der Waals surface area contributed by atoms with E-state index in [1.165, 1.54) is 0 Å². The van der Waals surface area contributed by atoms with Gasteiger partial charge in [0, 0.05) is 39.5 Å². The summed E-state index contributed by atoms with van der Waals surface area (Å²) >= 11 is 0. The predicted octanol–water partition coefficient (Wildman–Crippen LogP) is 1.17. The fourth-order valence-corrected chi connectivity index (χ4v) is 2.23. The zero-order valence-electron chi connectivity index (χ0n) is 12.0. The van der Waals surface area contributed by atoms with Crippen LogP contribution in [0, 0.1) is 0 Å². The minimum absolute atomic E-state index is 0.197. The number of rotatable bonds is 8. The Morgan fingerprint density at radius 3 is 2.72 bits per heavy atom. The van der Waals surface area contributed by atoms with Gasteiger partial charge in [-0.15, -0.1) is 0 Å². The number of aryl methyl sites for hydroxylation is 1. The number of hydrogen-bond donors (Lipinski definition) is 1. The van der Waals surface area contributed by atoms with E-state index >= 15 is 0 Å². The van der Waals surface area contributed by atoms with Crippen molar-refractivity contribution in [2.75, 3.05) is 26.8 Å². The van der Waals surface area contributed by atoms with E-state index in [9.17, 15) is 0 Å². The molecule has 1 aromatic rings. The maximum atomic E-state index is 5.97. The van der Waals surface area contributed by atoms with Gasteiger partial charge in [0.1, 0.15) is 0 Å². The minimum atomic E-state index is 0.197. The first-order valence-corrected chi connectivity index (χ1v) is 6.56. The van der Waals surface area contributed by atoms with Gasteiger partial charge >= 0.3 is 0 Å². The smallest absolute Gasteiger partial charge is 0.0946 e. The third kappa shape index (κ3) is 3.54. The molecule has 18 heavy (non-hydrogen) atoms. The number of nitrogens with zero attached hydrogens (tertiary/aromatic N) is 3. The highest BCUT2D eigenvalue weighted by Gasteiger charge is 2.24. The van der Waals surface area contributed by atoms with Gasteiger partial charge in [0.2, 0.25) is 0 Å². The van der Waals surface area contributed by atoms with Crippen molar-refractivity contribution in [3.05, 3.63) is 18.2 Å². The Morgan fingerprint density at radius 1 is 1.56 bits per heavy atom. The van der Waals surface area contributed by atoms with E-state index in [0.29, 0.717) is 12.6 Å². The molecule has 5 heteroatoms. The zero-order valence-corrected chi connectivity index (χ0v) is 12.0. The molecule has 104 valence electrons. The molecule has 5 nitrogen and oxygen atoms in total. The van der Waals surface area contributed by atoms with E-state index < -0.39 is 0 Å². The van der Waals surface area contributed by atoms with Crippen molar-refractivity contribution in [2.24, 2.45) is 12.8 Å². The van der Waals surface area contributed by atoms with Crippen LogP contribution in [0.2, 0.25) is 0 Å². The quantitative estimate of drug-likeness (QED) is 0.756. The highest BCUT2D eigenvalue weighted by molar-refractivity contribution is 5.06. The molecule has 0 saturated heterocycles. The molecular weight excluding hydrogens is 228 g/mol. The summed E-state index contributed by atoms with van der Waals surface area (Å²) in [4.78, 5) is 6.59. The summed E-state index contributed by atoms with van der Waals surface area (Å²) in [5, 5.41) is 0. The molecule has 0 amide bonds. The van der Waals surface area contributed by atoms with E-state index in [1.54, 1.807) is 7.11 Å².